The van der Waals surface area contributed by atoms with E-state index in [1.54, 1.807) is 53.3 Å². The molecule has 2 heterocycles. The second kappa shape index (κ2) is 8.03. The smallest absolute Gasteiger partial charge is 0.338 e. The lowest BCUT2D eigenvalue weighted by molar-refractivity contribution is -0.119. The highest BCUT2D eigenvalue weighted by Crippen LogP contribution is 2.47. The summed E-state index contributed by atoms with van der Waals surface area (Å²) in [5, 5.41) is 6.96. The van der Waals surface area contributed by atoms with Gasteiger partial charge in [0.15, 0.2) is 18.1 Å². The number of hydrogen-bond donors (Lipinski definition) is 1. The highest BCUT2D eigenvalue weighted by atomic mass is 16.7. The van der Waals surface area contributed by atoms with Crippen LogP contribution in [0.2, 0.25) is 0 Å². The Morgan fingerprint density at radius 3 is 2.53 bits per heavy atom. The second-order valence-corrected chi connectivity index (χ2v) is 8.04. The monoisotopic (exact) mass is 433 g/mol. The SMILES string of the molecule is Cc1ccnn1-c1ccc(C(=O)OCC(=O)Nc2ccc3c(c2)OC2(CCCC2)O3)cc1. The van der Waals surface area contributed by atoms with E-state index in [-0.39, 0.29) is 0 Å². The van der Waals surface area contributed by atoms with Crippen molar-refractivity contribution in [1.29, 1.82) is 0 Å². The third kappa shape index (κ3) is 3.91. The molecular formula is C24H23N3O5. The van der Waals surface area contributed by atoms with Crippen LogP contribution in [0.3, 0.4) is 0 Å². The average molecular weight is 433 g/mol. The number of aryl methyl sites for hydroxylation is 1. The molecule has 32 heavy (non-hydrogen) atoms. The predicted molar refractivity (Wildman–Crippen MR) is 116 cm³/mol. The molecule has 3 aromatic rings. The van der Waals surface area contributed by atoms with Crippen LogP contribution in [0.4, 0.5) is 5.69 Å². The molecule has 0 atom stereocenters. The van der Waals surface area contributed by atoms with Gasteiger partial charge in [-0.3, -0.25) is 4.79 Å². The standard InChI is InChI=1S/C24H23N3O5/c1-16-10-13-25-27(16)19-7-4-17(5-8-19)23(29)30-15-22(28)26-18-6-9-20-21(14-18)32-24(31-20)11-2-3-12-24/h4-10,13-14H,2-3,11-12,15H2,1H3,(H,26,28). The van der Waals surface area contributed by atoms with Gasteiger partial charge in [0.1, 0.15) is 0 Å². The van der Waals surface area contributed by atoms with Crippen LogP contribution >= 0.6 is 0 Å². The van der Waals surface area contributed by atoms with Gasteiger partial charge in [0.2, 0.25) is 0 Å². The van der Waals surface area contributed by atoms with Crippen molar-refractivity contribution in [3.05, 3.63) is 66.0 Å². The number of aromatic nitrogens is 2. The number of nitrogens with one attached hydrogen (secondary N) is 1. The van der Waals surface area contributed by atoms with Crippen LogP contribution in [0.5, 0.6) is 11.5 Å². The van der Waals surface area contributed by atoms with Crippen molar-refractivity contribution in [3.8, 4) is 17.2 Å². The highest BCUT2D eigenvalue weighted by Gasteiger charge is 2.44. The van der Waals surface area contributed by atoms with Gasteiger partial charge in [-0.05, 0) is 62.2 Å². The van der Waals surface area contributed by atoms with Crippen molar-refractivity contribution in [1.82, 2.24) is 9.78 Å². The number of ether oxygens (including phenoxy) is 3. The predicted octanol–water partition coefficient (Wildman–Crippen LogP) is 4.02. The number of amides is 1. The molecule has 0 unspecified atom stereocenters. The molecule has 0 bridgehead atoms. The maximum atomic E-state index is 12.3. The van der Waals surface area contributed by atoms with E-state index >= 15 is 0 Å². The third-order valence-corrected chi connectivity index (χ3v) is 5.70. The fourth-order valence-electron chi connectivity index (χ4n) is 4.08. The molecule has 1 aliphatic heterocycles. The lowest BCUT2D eigenvalue weighted by Crippen LogP contribution is -2.34. The third-order valence-electron chi connectivity index (χ3n) is 5.70. The zero-order valence-electron chi connectivity index (χ0n) is 17.7. The quantitative estimate of drug-likeness (QED) is 0.611. The maximum absolute atomic E-state index is 12.3. The van der Waals surface area contributed by atoms with Gasteiger partial charge >= 0.3 is 5.97 Å². The number of carbonyl (C=O) groups excluding carboxylic acids is 2. The Balaban J connectivity index is 1.15. The molecule has 1 N–H and O–H groups in total. The topological polar surface area (TPSA) is 91.7 Å². The van der Waals surface area contributed by atoms with E-state index < -0.39 is 24.3 Å². The summed E-state index contributed by atoms with van der Waals surface area (Å²) in [5.41, 5.74) is 2.74. The Kier molecular flexibility index (Phi) is 5.05. The number of anilines is 1. The maximum Gasteiger partial charge on any atom is 0.338 e. The zero-order chi connectivity index (χ0) is 22.1. The molecule has 8 heteroatoms. The first-order valence-corrected chi connectivity index (χ1v) is 10.6. The van der Waals surface area contributed by atoms with E-state index in [0.717, 1.165) is 37.1 Å². The summed E-state index contributed by atoms with van der Waals surface area (Å²) in [4.78, 5) is 24.6. The fraction of sp³-hybridized carbons (Fsp3) is 0.292. The summed E-state index contributed by atoms with van der Waals surface area (Å²) in [6, 6.07) is 14.0. The van der Waals surface area contributed by atoms with Gasteiger partial charge < -0.3 is 19.5 Å². The highest BCUT2D eigenvalue weighted by molar-refractivity contribution is 5.95. The average Bonchev–Trinajstić information content (AvgIpc) is 3.52. The van der Waals surface area contributed by atoms with Gasteiger partial charge in [0.05, 0.1) is 11.3 Å². The van der Waals surface area contributed by atoms with Gasteiger partial charge in [0.25, 0.3) is 11.7 Å². The Labute approximate surface area is 185 Å². The summed E-state index contributed by atoms with van der Waals surface area (Å²) in [5.74, 6) is -0.250. The number of benzene rings is 2. The largest absolute Gasteiger partial charge is 0.452 e. The summed E-state index contributed by atoms with van der Waals surface area (Å²) in [7, 11) is 0. The lowest BCUT2D eigenvalue weighted by atomic mass is 10.2. The van der Waals surface area contributed by atoms with Gasteiger partial charge in [-0.2, -0.15) is 5.10 Å². The Bertz CT molecular complexity index is 1160. The number of carbonyl (C=O) groups is 2. The molecular weight excluding hydrogens is 410 g/mol. The van der Waals surface area contributed by atoms with E-state index in [9.17, 15) is 9.59 Å². The van der Waals surface area contributed by atoms with E-state index in [2.05, 4.69) is 10.4 Å². The van der Waals surface area contributed by atoms with Crippen LogP contribution in [-0.2, 0) is 9.53 Å². The molecule has 2 aliphatic rings. The Morgan fingerprint density at radius 2 is 1.81 bits per heavy atom. The molecule has 2 aromatic carbocycles. The van der Waals surface area contributed by atoms with Crippen LogP contribution in [0.1, 0.15) is 41.7 Å². The second-order valence-electron chi connectivity index (χ2n) is 8.04. The number of nitrogens with zero attached hydrogens (tertiary/aromatic N) is 2. The molecule has 1 saturated carbocycles. The van der Waals surface area contributed by atoms with Gasteiger partial charge in [-0.25, -0.2) is 9.48 Å². The summed E-state index contributed by atoms with van der Waals surface area (Å²) in [6.07, 6.45) is 5.59. The first-order chi connectivity index (χ1) is 15.5. The van der Waals surface area contributed by atoms with E-state index in [1.165, 1.54) is 0 Å². The summed E-state index contributed by atoms with van der Waals surface area (Å²) in [6.45, 7) is 1.55. The van der Waals surface area contributed by atoms with E-state index in [1.807, 2.05) is 13.0 Å². The molecule has 1 aromatic heterocycles. The fourth-order valence-corrected chi connectivity index (χ4v) is 4.08. The van der Waals surface area contributed by atoms with Crippen LogP contribution in [0, 0.1) is 6.92 Å². The summed E-state index contributed by atoms with van der Waals surface area (Å²) >= 11 is 0. The number of rotatable bonds is 5. The summed E-state index contributed by atoms with van der Waals surface area (Å²) < 4.78 is 18.9. The van der Waals surface area contributed by atoms with Crippen LogP contribution in [0.15, 0.2) is 54.7 Å². The molecule has 1 amide bonds. The van der Waals surface area contributed by atoms with E-state index in [4.69, 9.17) is 14.2 Å². The minimum Gasteiger partial charge on any atom is -0.452 e. The number of fused-ring (bicyclic) bond motifs is 1. The first-order valence-electron chi connectivity index (χ1n) is 10.6. The van der Waals surface area contributed by atoms with Crippen molar-refractivity contribution < 1.29 is 23.8 Å². The molecule has 1 spiro atoms. The van der Waals surface area contributed by atoms with Gasteiger partial charge in [-0.1, -0.05) is 0 Å². The number of hydrogen-bond acceptors (Lipinski definition) is 6. The van der Waals surface area contributed by atoms with Crippen molar-refractivity contribution in [3.63, 3.8) is 0 Å². The van der Waals surface area contributed by atoms with Crippen LogP contribution in [-0.4, -0.2) is 34.1 Å². The first kappa shape index (κ1) is 20.1. The van der Waals surface area contributed by atoms with Gasteiger partial charge in [-0.15, -0.1) is 0 Å². The van der Waals surface area contributed by atoms with Crippen molar-refractivity contribution in [2.24, 2.45) is 0 Å². The Morgan fingerprint density at radius 1 is 1.06 bits per heavy atom. The Hall–Kier alpha value is -3.81. The van der Waals surface area contributed by atoms with Crippen LogP contribution < -0.4 is 14.8 Å². The lowest BCUT2D eigenvalue weighted by Gasteiger charge is -2.21. The molecule has 8 nitrogen and oxygen atoms in total. The normalized spacial score (nSPS) is 15.7. The van der Waals surface area contributed by atoms with Crippen LogP contribution in [0.25, 0.3) is 5.69 Å². The molecule has 0 saturated heterocycles. The number of esters is 1. The molecule has 1 fully saturated rings. The van der Waals surface area contributed by atoms with Gasteiger partial charge in [0, 0.05) is 36.5 Å². The minimum absolute atomic E-state index is 0.358. The van der Waals surface area contributed by atoms with Crippen molar-refractivity contribution >= 4 is 17.6 Å². The minimum atomic E-state index is -0.572. The van der Waals surface area contributed by atoms with Crippen molar-refractivity contribution in [2.75, 3.05) is 11.9 Å². The molecule has 5 rings (SSSR count). The van der Waals surface area contributed by atoms with Crippen molar-refractivity contribution in [2.45, 2.75) is 38.4 Å². The zero-order valence-corrected chi connectivity index (χ0v) is 17.7. The molecule has 1 aliphatic carbocycles. The van der Waals surface area contributed by atoms with E-state index in [0.29, 0.717) is 22.7 Å². The molecule has 164 valence electrons. The molecule has 0 radical (unpaired) electrons.